The number of nitrogens with zero attached hydrogens (tertiary/aromatic N) is 4. The van der Waals surface area contributed by atoms with Crippen LogP contribution in [-0.2, 0) is 11.2 Å². The molecule has 0 radical (unpaired) electrons. The molecule has 0 saturated carbocycles. The summed E-state index contributed by atoms with van der Waals surface area (Å²) in [4.78, 5) is 30.6. The zero-order valence-electron chi connectivity index (χ0n) is 16.5. The highest BCUT2D eigenvalue weighted by Crippen LogP contribution is 2.19. The number of aromatic nitrogens is 3. The van der Waals surface area contributed by atoms with E-state index in [1.165, 1.54) is 6.20 Å². The second-order valence-electron chi connectivity index (χ2n) is 7.45. The summed E-state index contributed by atoms with van der Waals surface area (Å²) >= 11 is 0. The lowest BCUT2D eigenvalue weighted by atomic mass is 10.0. The molecule has 2 aromatic rings. The third-order valence-electron chi connectivity index (χ3n) is 4.57. The number of hydrogen-bond acceptors (Lipinski definition) is 4. The first-order valence-electron chi connectivity index (χ1n) is 9.06. The maximum atomic E-state index is 12.7. The van der Waals surface area contributed by atoms with Crippen LogP contribution < -0.4 is 5.73 Å². The van der Waals surface area contributed by atoms with E-state index in [0.29, 0.717) is 30.0 Å². The van der Waals surface area contributed by atoms with E-state index in [1.807, 2.05) is 32.6 Å². The van der Waals surface area contributed by atoms with E-state index >= 15 is 0 Å². The maximum absolute atomic E-state index is 12.7. The van der Waals surface area contributed by atoms with E-state index < -0.39 is 5.91 Å². The van der Waals surface area contributed by atoms with E-state index in [1.54, 1.807) is 4.52 Å². The number of fused-ring (bicyclic) bond motifs is 1. The smallest absolute Gasteiger partial charge is 0.254 e. The second kappa shape index (κ2) is 7.85. The van der Waals surface area contributed by atoms with Gasteiger partial charge in [0.15, 0.2) is 5.65 Å². The molecule has 2 amide bonds. The lowest BCUT2D eigenvalue weighted by molar-refractivity contribution is -0.133. The lowest BCUT2D eigenvalue weighted by Crippen LogP contribution is -2.39. The molecule has 142 valence electrons. The first kappa shape index (κ1) is 19.9. The summed E-state index contributed by atoms with van der Waals surface area (Å²) in [5.74, 6) is 0.0282. The highest BCUT2D eigenvalue weighted by atomic mass is 16.2. The molecule has 0 aromatic carbocycles. The minimum absolute atomic E-state index is 0.144. The van der Waals surface area contributed by atoms with Gasteiger partial charge >= 0.3 is 0 Å². The number of hydrogen-bond donors (Lipinski definition) is 1. The third-order valence-corrected chi connectivity index (χ3v) is 4.57. The number of aryl methyl sites for hydroxylation is 2. The van der Waals surface area contributed by atoms with Crippen molar-refractivity contribution in [1.29, 1.82) is 0 Å². The van der Waals surface area contributed by atoms with Gasteiger partial charge < -0.3 is 10.6 Å². The van der Waals surface area contributed by atoms with Crippen LogP contribution in [0.15, 0.2) is 6.20 Å². The zero-order valence-corrected chi connectivity index (χ0v) is 16.5. The Bertz CT molecular complexity index is 823. The topological polar surface area (TPSA) is 93.6 Å². The SMILES string of the molecule is Cc1nc2c(C(N)=O)cnn2c(C)c1CCC(=O)N(CC(C)C)C(C)C. The fraction of sp³-hybridized carbons (Fsp3) is 0.579. The predicted octanol–water partition coefficient (Wildman–Crippen LogP) is 2.27. The Morgan fingerprint density at radius 1 is 1.23 bits per heavy atom. The molecule has 2 heterocycles. The Morgan fingerprint density at radius 3 is 2.42 bits per heavy atom. The van der Waals surface area contributed by atoms with Crippen molar-refractivity contribution < 1.29 is 9.59 Å². The first-order chi connectivity index (χ1) is 12.1. The molecular formula is C19H29N5O2. The Hall–Kier alpha value is -2.44. The molecule has 0 aliphatic rings. The van der Waals surface area contributed by atoms with Gasteiger partial charge in [-0.15, -0.1) is 0 Å². The molecule has 7 nitrogen and oxygen atoms in total. The van der Waals surface area contributed by atoms with E-state index in [2.05, 4.69) is 23.9 Å². The molecule has 0 unspecified atom stereocenters. The van der Waals surface area contributed by atoms with Gasteiger partial charge in [-0.05, 0) is 45.6 Å². The minimum Gasteiger partial charge on any atom is -0.365 e. The van der Waals surface area contributed by atoms with Crippen LogP contribution in [0, 0.1) is 19.8 Å². The van der Waals surface area contributed by atoms with Crippen LogP contribution in [0.3, 0.4) is 0 Å². The highest BCUT2D eigenvalue weighted by molar-refractivity contribution is 5.98. The monoisotopic (exact) mass is 359 g/mol. The molecule has 0 aliphatic carbocycles. The zero-order chi connectivity index (χ0) is 19.6. The van der Waals surface area contributed by atoms with Crippen molar-refractivity contribution in [3.8, 4) is 0 Å². The molecule has 0 atom stereocenters. The van der Waals surface area contributed by atoms with Crippen LogP contribution in [0.4, 0.5) is 0 Å². The number of rotatable bonds is 7. The van der Waals surface area contributed by atoms with Crippen molar-refractivity contribution in [3.05, 3.63) is 28.7 Å². The summed E-state index contributed by atoms with van der Waals surface area (Å²) < 4.78 is 1.63. The Kier molecular flexibility index (Phi) is 6.00. The van der Waals surface area contributed by atoms with Crippen LogP contribution in [0.1, 0.15) is 61.4 Å². The van der Waals surface area contributed by atoms with Crippen molar-refractivity contribution in [2.45, 2.75) is 60.4 Å². The Balaban J connectivity index is 2.26. The van der Waals surface area contributed by atoms with Gasteiger partial charge in [0.05, 0.1) is 6.20 Å². The Morgan fingerprint density at radius 2 is 1.88 bits per heavy atom. The minimum atomic E-state index is -0.546. The molecule has 0 spiro atoms. The summed E-state index contributed by atoms with van der Waals surface area (Å²) in [7, 11) is 0. The van der Waals surface area contributed by atoms with Gasteiger partial charge in [0.2, 0.25) is 5.91 Å². The number of nitrogens with two attached hydrogens (primary N) is 1. The van der Waals surface area contributed by atoms with Gasteiger partial charge in [0.1, 0.15) is 5.56 Å². The fourth-order valence-electron chi connectivity index (χ4n) is 3.22. The summed E-state index contributed by atoms with van der Waals surface area (Å²) in [6.45, 7) is 12.9. The standard InChI is InChI=1S/C19H29N5O2/c1-11(2)10-23(12(3)4)17(25)8-7-15-13(5)22-19-16(18(20)26)9-21-24(19)14(15)6/h9,11-12H,7-8,10H2,1-6H3,(H2,20,26). The van der Waals surface area contributed by atoms with Gasteiger partial charge in [-0.3, -0.25) is 9.59 Å². The van der Waals surface area contributed by atoms with Crippen molar-refractivity contribution in [1.82, 2.24) is 19.5 Å². The summed E-state index contributed by atoms with van der Waals surface area (Å²) in [5, 5.41) is 4.23. The van der Waals surface area contributed by atoms with E-state index in [-0.39, 0.29) is 11.9 Å². The van der Waals surface area contributed by atoms with Crippen LogP contribution in [-0.4, -0.2) is 43.9 Å². The molecule has 0 aliphatic heterocycles. The van der Waals surface area contributed by atoms with E-state index in [9.17, 15) is 9.59 Å². The van der Waals surface area contributed by atoms with Crippen LogP contribution in [0.2, 0.25) is 0 Å². The van der Waals surface area contributed by atoms with Gasteiger partial charge in [0.25, 0.3) is 5.91 Å². The quantitative estimate of drug-likeness (QED) is 0.820. The summed E-state index contributed by atoms with van der Waals surface area (Å²) in [6.07, 6.45) is 2.45. The van der Waals surface area contributed by atoms with E-state index in [0.717, 1.165) is 23.5 Å². The van der Waals surface area contributed by atoms with Gasteiger partial charge in [-0.1, -0.05) is 13.8 Å². The van der Waals surface area contributed by atoms with Crippen molar-refractivity contribution >= 4 is 17.5 Å². The average Bonchev–Trinajstić information content (AvgIpc) is 2.95. The van der Waals surface area contributed by atoms with Gasteiger partial charge in [-0.2, -0.15) is 5.10 Å². The molecule has 26 heavy (non-hydrogen) atoms. The van der Waals surface area contributed by atoms with Crippen LogP contribution in [0.5, 0.6) is 0 Å². The molecule has 0 bridgehead atoms. The summed E-state index contributed by atoms with van der Waals surface area (Å²) in [6, 6.07) is 0.178. The van der Waals surface area contributed by atoms with Crippen molar-refractivity contribution in [2.24, 2.45) is 11.7 Å². The summed E-state index contributed by atoms with van der Waals surface area (Å²) in [5.41, 5.74) is 8.81. The number of primary amides is 1. The predicted molar refractivity (Wildman–Crippen MR) is 101 cm³/mol. The molecular weight excluding hydrogens is 330 g/mol. The van der Waals surface area contributed by atoms with Crippen molar-refractivity contribution in [2.75, 3.05) is 6.54 Å². The average molecular weight is 359 g/mol. The van der Waals surface area contributed by atoms with Crippen molar-refractivity contribution in [3.63, 3.8) is 0 Å². The number of carbonyl (C=O) groups is 2. The van der Waals surface area contributed by atoms with Gasteiger partial charge in [-0.25, -0.2) is 9.50 Å². The normalized spacial score (nSPS) is 11.5. The highest BCUT2D eigenvalue weighted by Gasteiger charge is 2.20. The second-order valence-corrected chi connectivity index (χ2v) is 7.45. The molecule has 7 heteroatoms. The largest absolute Gasteiger partial charge is 0.365 e. The number of amides is 2. The van der Waals surface area contributed by atoms with Crippen LogP contribution >= 0.6 is 0 Å². The lowest BCUT2D eigenvalue weighted by Gasteiger charge is -2.28. The van der Waals surface area contributed by atoms with Gasteiger partial charge in [0, 0.05) is 30.4 Å². The Labute approximate surface area is 154 Å². The fourth-order valence-corrected chi connectivity index (χ4v) is 3.22. The third kappa shape index (κ3) is 4.03. The molecule has 0 saturated heterocycles. The van der Waals surface area contributed by atoms with Crippen LogP contribution in [0.25, 0.3) is 5.65 Å². The first-order valence-corrected chi connectivity index (χ1v) is 9.06. The molecule has 2 rings (SSSR count). The van der Waals surface area contributed by atoms with E-state index in [4.69, 9.17) is 5.73 Å². The number of carbonyl (C=O) groups excluding carboxylic acids is 2. The maximum Gasteiger partial charge on any atom is 0.254 e. The molecule has 2 N–H and O–H groups in total. The molecule has 0 fully saturated rings. The molecule has 2 aromatic heterocycles.